The van der Waals surface area contributed by atoms with Gasteiger partial charge < -0.3 is 14.5 Å². The summed E-state index contributed by atoms with van der Waals surface area (Å²) in [7, 11) is 0. The van der Waals surface area contributed by atoms with E-state index >= 15 is 0 Å². The summed E-state index contributed by atoms with van der Waals surface area (Å²) in [6, 6.07) is 3.57. The van der Waals surface area contributed by atoms with E-state index in [1.54, 1.807) is 12.5 Å². The quantitative estimate of drug-likeness (QED) is 0.729. The van der Waals surface area contributed by atoms with E-state index in [1.807, 2.05) is 40.2 Å². The molecule has 0 saturated heterocycles. The Labute approximate surface area is 158 Å². The second-order valence-corrected chi connectivity index (χ2v) is 7.48. The maximum Gasteiger partial charge on any atom is 0.246 e. The van der Waals surface area contributed by atoms with Gasteiger partial charge in [-0.1, -0.05) is 13.8 Å². The maximum absolute atomic E-state index is 13.3. The Kier molecular flexibility index (Phi) is 4.75. The second kappa shape index (κ2) is 7.34. The number of amides is 1. The second-order valence-electron chi connectivity index (χ2n) is 7.48. The fraction of sp³-hybridized carbons (Fsp3) is 0.400. The Bertz CT molecular complexity index is 901. The number of nitrogens with one attached hydrogen (secondary N) is 1. The van der Waals surface area contributed by atoms with E-state index in [-0.39, 0.29) is 11.9 Å². The third-order valence-corrected chi connectivity index (χ3v) is 4.85. The van der Waals surface area contributed by atoms with Crippen molar-refractivity contribution in [3.05, 3.63) is 66.0 Å². The van der Waals surface area contributed by atoms with Crippen molar-refractivity contribution in [2.24, 2.45) is 5.92 Å². The van der Waals surface area contributed by atoms with Crippen molar-refractivity contribution in [2.75, 3.05) is 0 Å². The number of nitrogens with zero attached hydrogens (tertiary/aromatic N) is 5. The number of H-pyrrole nitrogens is 1. The number of aromatic nitrogens is 5. The van der Waals surface area contributed by atoms with Gasteiger partial charge in [0.05, 0.1) is 18.6 Å². The Morgan fingerprint density at radius 2 is 2.00 bits per heavy atom. The fourth-order valence-corrected chi connectivity index (χ4v) is 3.51. The molecule has 4 heterocycles. The molecule has 0 unspecified atom stereocenters. The molecule has 140 valence electrons. The van der Waals surface area contributed by atoms with Crippen LogP contribution in [0.4, 0.5) is 0 Å². The highest BCUT2D eigenvalue weighted by molar-refractivity contribution is 5.81. The van der Waals surface area contributed by atoms with Crippen LogP contribution >= 0.6 is 0 Å². The number of aromatic amines is 1. The first-order valence-corrected chi connectivity index (χ1v) is 9.32. The first kappa shape index (κ1) is 17.5. The highest BCUT2D eigenvalue weighted by atomic mass is 16.2. The summed E-state index contributed by atoms with van der Waals surface area (Å²) >= 11 is 0. The van der Waals surface area contributed by atoms with Crippen LogP contribution in [0.1, 0.15) is 42.7 Å². The molecule has 27 heavy (non-hydrogen) atoms. The fourth-order valence-electron chi connectivity index (χ4n) is 3.51. The first-order chi connectivity index (χ1) is 13.1. The number of imidazole rings is 1. The maximum atomic E-state index is 13.3. The van der Waals surface area contributed by atoms with Crippen LogP contribution in [0.25, 0.3) is 0 Å². The van der Waals surface area contributed by atoms with Crippen molar-refractivity contribution >= 4 is 5.91 Å². The van der Waals surface area contributed by atoms with Crippen LogP contribution in [0, 0.1) is 5.92 Å². The molecular formula is C20H24N6O. The minimum Gasteiger partial charge on any atom is -0.348 e. The van der Waals surface area contributed by atoms with Crippen molar-refractivity contribution in [1.29, 1.82) is 0 Å². The number of fused-ring (bicyclic) bond motifs is 1. The molecule has 1 amide bonds. The van der Waals surface area contributed by atoms with Gasteiger partial charge in [-0.25, -0.2) is 15.0 Å². The Hall–Kier alpha value is -2.96. The van der Waals surface area contributed by atoms with E-state index in [0.29, 0.717) is 25.4 Å². The minimum absolute atomic E-state index is 0.0872. The molecule has 3 aromatic rings. The summed E-state index contributed by atoms with van der Waals surface area (Å²) in [5, 5.41) is 0. The number of carbonyl (C=O) groups excluding carboxylic acids is 1. The topological polar surface area (TPSA) is 79.7 Å². The van der Waals surface area contributed by atoms with Gasteiger partial charge in [-0.15, -0.1) is 0 Å². The SMILES string of the molecule is CC(C)Cc1ncc2c(n1)CN(C(=O)[C@H](Cc1cnc[nH]1)n1cccc1)C2. The van der Waals surface area contributed by atoms with Crippen molar-refractivity contribution in [2.45, 2.75) is 45.8 Å². The van der Waals surface area contributed by atoms with Crippen molar-refractivity contribution in [3.63, 3.8) is 0 Å². The third kappa shape index (κ3) is 3.77. The van der Waals surface area contributed by atoms with Gasteiger partial charge in [0.15, 0.2) is 0 Å². The lowest BCUT2D eigenvalue weighted by atomic mass is 10.1. The van der Waals surface area contributed by atoms with Crippen LogP contribution in [0.2, 0.25) is 0 Å². The van der Waals surface area contributed by atoms with E-state index in [4.69, 9.17) is 4.98 Å². The van der Waals surface area contributed by atoms with Gasteiger partial charge in [0.25, 0.3) is 0 Å². The zero-order valence-corrected chi connectivity index (χ0v) is 15.7. The lowest BCUT2D eigenvalue weighted by Crippen LogP contribution is -2.34. The summed E-state index contributed by atoms with van der Waals surface area (Å²) in [5.74, 6) is 1.45. The first-order valence-electron chi connectivity index (χ1n) is 9.32. The molecule has 4 rings (SSSR count). The van der Waals surface area contributed by atoms with Crippen molar-refractivity contribution in [3.8, 4) is 0 Å². The van der Waals surface area contributed by atoms with Gasteiger partial charge in [0.1, 0.15) is 11.9 Å². The number of hydrogen-bond donors (Lipinski definition) is 1. The van der Waals surface area contributed by atoms with E-state index in [9.17, 15) is 4.79 Å². The zero-order chi connectivity index (χ0) is 18.8. The highest BCUT2D eigenvalue weighted by Crippen LogP contribution is 2.25. The van der Waals surface area contributed by atoms with Crippen LogP contribution in [0.5, 0.6) is 0 Å². The minimum atomic E-state index is -0.308. The molecule has 7 nitrogen and oxygen atoms in total. The molecule has 0 aromatic carbocycles. The molecule has 0 aliphatic carbocycles. The molecule has 1 aliphatic heterocycles. The summed E-state index contributed by atoms with van der Waals surface area (Å²) < 4.78 is 1.96. The molecule has 7 heteroatoms. The van der Waals surface area contributed by atoms with Gasteiger partial charge >= 0.3 is 0 Å². The average Bonchev–Trinajstić information content (AvgIpc) is 3.38. The largest absolute Gasteiger partial charge is 0.348 e. The molecule has 1 aliphatic rings. The summed E-state index contributed by atoms with van der Waals surface area (Å²) in [4.78, 5) is 31.5. The highest BCUT2D eigenvalue weighted by Gasteiger charge is 2.31. The Balaban J connectivity index is 1.53. The molecule has 0 fully saturated rings. The van der Waals surface area contributed by atoms with Crippen LogP contribution < -0.4 is 0 Å². The Morgan fingerprint density at radius 1 is 1.19 bits per heavy atom. The third-order valence-electron chi connectivity index (χ3n) is 4.85. The van der Waals surface area contributed by atoms with Gasteiger partial charge in [0, 0.05) is 55.4 Å². The molecular weight excluding hydrogens is 340 g/mol. The molecule has 1 atom stereocenters. The molecule has 3 aromatic heterocycles. The molecule has 0 radical (unpaired) electrons. The van der Waals surface area contributed by atoms with E-state index in [2.05, 4.69) is 28.8 Å². The van der Waals surface area contributed by atoms with E-state index in [1.165, 1.54) is 0 Å². The Morgan fingerprint density at radius 3 is 2.70 bits per heavy atom. The standard InChI is InChI=1S/C20H24N6O/c1-14(2)7-19-22-9-15-11-26(12-17(15)24-19)20(27)18(25-5-3-4-6-25)8-16-10-21-13-23-16/h3-6,9-10,13-14,18H,7-8,11-12H2,1-2H3,(H,21,23)/t18-/m0/s1. The lowest BCUT2D eigenvalue weighted by molar-refractivity contribution is -0.135. The van der Waals surface area contributed by atoms with E-state index < -0.39 is 0 Å². The molecule has 0 bridgehead atoms. The van der Waals surface area contributed by atoms with Gasteiger partial charge in [-0.3, -0.25) is 4.79 Å². The van der Waals surface area contributed by atoms with Crippen molar-refractivity contribution in [1.82, 2.24) is 29.4 Å². The number of rotatable bonds is 6. The summed E-state index contributed by atoms with van der Waals surface area (Å²) in [6.45, 7) is 5.42. The predicted molar refractivity (Wildman–Crippen MR) is 101 cm³/mol. The predicted octanol–water partition coefficient (Wildman–Crippen LogP) is 2.53. The van der Waals surface area contributed by atoms with Gasteiger partial charge in [-0.05, 0) is 18.1 Å². The average molecular weight is 364 g/mol. The van der Waals surface area contributed by atoms with Crippen LogP contribution in [0.3, 0.4) is 0 Å². The smallest absolute Gasteiger partial charge is 0.246 e. The van der Waals surface area contributed by atoms with Crippen molar-refractivity contribution < 1.29 is 4.79 Å². The van der Waals surface area contributed by atoms with Crippen LogP contribution in [-0.4, -0.2) is 35.3 Å². The molecule has 0 spiro atoms. The molecule has 0 saturated carbocycles. The monoisotopic (exact) mass is 364 g/mol. The van der Waals surface area contributed by atoms with Crippen LogP contribution in [-0.2, 0) is 30.7 Å². The summed E-state index contributed by atoms with van der Waals surface area (Å²) in [5.41, 5.74) is 2.96. The molecule has 1 N–H and O–H groups in total. The number of hydrogen-bond acceptors (Lipinski definition) is 4. The van der Waals surface area contributed by atoms with Crippen LogP contribution in [0.15, 0.2) is 43.2 Å². The van der Waals surface area contributed by atoms with Gasteiger partial charge in [-0.2, -0.15) is 0 Å². The number of carbonyl (C=O) groups is 1. The lowest BCUT2D eigenvalue weighted by Gasteiger charge is -2.24. The summed E-state index contributed by atoms with van der Waals surface area (Å²) in [6.07, 6.45) is 10.6. The van der Waals surface area contributed by atoms with Gasteiger partial charge in [0.2, 0.25) is 5.91 Å². The normalized spacial score (nSPS) is 14.6. The van der Waals surface area contributed by atoms with E-state index in [0.717, 1.165) is 29.2 Å². The zero-order valence-electron chi connectivity index (χ0n) is 15.7.